The van der Waals surface area contributed by atoms with E-state index in [1.54, 1.807) is 54.6 Å². The summed E-state index contributed by atoms with van der Waals surface area (Å²) < 4.78 is 73.3. The average Bonchev–Trinajstić information content (AvgIpc) is 3.69. The van der Waals surface area contributed by atoms with E-state index in [0.717, 1.165) is 12.5 Å². The zero-order chi connectivity index (χ0) is 44.1. The van der Waals surface area contributed by atoms with Crippen LogP contribution in [0.2, 0.25) is 0 Å². The number of fused-ring (bicyclic) bond motifs is 2. The topological polar surface area (TPSA) is 235 Å². The first kappa shape index (κ1) is 57.1. The number of carbonyl (C=O) groups is 2. The second-order valence-electron chi connectivity index (χ2n) is 13.8. The first-order valence-electron chi connectivity index (χ1n) is 18.5. The smallest absolute Gasteiger partial charge is 0.335 e. The molecule has 0 unspecified atom stereocenters. The summed E-state index contributed by atoms with van der Waals surface area (Å²) in [4.78, 5) is 53.8. The Morgan fingerprint density at radius 1 is 0.625 bits per heavy atom. The number of rotatable bonds is 16. The molecule has 64 heavy (non-hydrogen) atoms. The number of carboxylic acids is 1. The summed E-state index contributed by atoms with van der Waals surface area (Å²) >= 11 is 0. The molecular weight excluding hydrogens is 1210 g/mol. The summed E-state index contributed by atoms with van der Waals surface area (Å²) in [5.74, 6) is 0.00124. The van der Waals surface area contributed by atoms with Crippen LogP contribution in [-0.4, -0.2) is 104 Å². The Balaban J connectivity index is 0.000000602. The standard InChI is InChI=1S/C21H24N2O6S.C20H22N2O7S.2CH3.2W/c1-5-29-20-11-15(7-9-19(20)28-3)18(12-30(4,26)27)23-17-8-6-14(13(2)24)10-16(17)22-21(23)25;1-4-29-18-10-12(6-8-17(18)28-2)16(11-30(3,26)27)22-15-7-5-13(19(23)24)9-14(15)21-20(22)25;;;;/h6-11,18H,5,12H2,1-4H3,(H,22,25);5-10,16H,4,11H2,1-3H3,(H,21,25)(H,23,24);2*1H3;;/q;;2*-1;;/t18-;16-;;;;/m11..../s1. The zero-order valence-electron chi connectivity index (χ0n) is 36.8. The van der Waals surface area contributed by atoms with Gasteiger partial charge in [0.05, 0.1) is 78.7 Å². The molecule has 0 radical (unpaired) electrons. The Kier molecular flexibility index (Phi) is 21.2. The van der Waals surface area contributed by atoms with E-state index in [4.69, 9.17) is 18.9 Å². The van der Waals surface area contributed by atoms with Gasteiger partial charge in [-0.2, -0.15) is 0 Å². The van der Waals surface area contributed by atoms with Gasteiger partial charge in [-0.05, 0) is 92.6 Å². The first-order chi connectivity index (χ1) is 28.3. The molecule has 0 aliphatic rings. The maximum absolute atomic E-state index is 12.8. The Labute approximate surface area is 400 Å². The Bertz CT molecular complexity index is 2730. The van der Waals surface area contributed by atoms with Crippen molar-refractivity contribution in [2.45, 2.75) is 32.9 Å². The quantitative estimate of drug-likeness (QED) is 0.0799. The molecule has 0 fully saturated rings. The van der Waals surface area contributed by atoms with Gasteiger partial charge >= 0.3 is 17.3 Å². The number of aromatic carboxylic acids is 1. The van der Waals surface area contributed by atoms with E-state index >= 15 is 0 Å². The zero-order valence-corrected chi connectivity index (χ0v) is 44.3. The van der Waals surface area contributed by atoms with Crippen molar-refractivity contribution in [1.29, 1.82) is 0 Å². The minimum atomic E-state index is -3.49. The van der Waals surface area contributed by atoms with Crippen LogP contribution >= 0.6 is 0 Å². The number of nitrogens with zero attached hydrogens (tertiary/aromatic N) is 2. The first-order valence-corrected chi connectivity index (χ1v) is 22.6. The van der Waals surface area contributed by atoms with E-state index in [9.17, 15) is 41.1 Å². The van der Waals surface area contributed by atoms with Crippen molar-refractivity contribution in [3.63, 3.8) is 0 Å². The summed E-state index contributed by atoms with van der Waals surface area (Å²) in [6.45, 7) is 5.86. The molecule has 21 heteroatoms. The second-order valence-corrected chi connectivity index (χ2v) is 18.2. The summed E-state index contributed by atoms with van der Waals surface area (Å²) in [5, 5.41) is 9.19. The fourth-order valence-electron chi connectivity index (χ4n) is 6.78. The fraction of sp³-hybridized carbons (Fsp3) is 0.302. The number of Topliss-reactive ketones (excluding diaryl/α,β-unsaturated/α-hetero) is 1. The molecule has 2 aromatic heterocycles. The van der Waals surface area contributed by atoms with Gasteiger partial charge in [-0.15, -0.1) is 0 Å². The number of imidazole rings is 2. The number of hydrogen-bond donors (Lipinski definition) is 3. The summed E-state index contributed by atoms with van der Waals surface area (Å²) in [6, 6.07) is 17.4. The molecule has 3 N–H and O–H groups in total. The molecule has 0 bridgehead atoms. The molecule has 2 heterocycles. The van der Waals surface area contributed by atoms with Crippen LogP contribution in [0, 0.1) is 14.9 Å². The van der Waals surface area contributed by atoms with Crippen molar-refractivity contribution < 1.29 is 92.6 Å². The Morgan fingerprint density at radius 3 is 1.33 bits per heavy atom. The van der Waals surface area contributed by atoms with Gasteiger partial charge in [0.1, 0.15) is 19.7 Å². The molecular formula is C43H52N4O13S2W2-2. The van der Waals surface area contributed by atoms with Crippen LogP contribution in [0.5, 0.6) is 23.0 Å². The van der Waals surface area contributed by atoms with Crippen LogP contribution in [0.4, 0.5) is 0 Å². The van der Waals surface area contributed by atoms with Crippen LogP contribution in [0.25, 0.3) is 22.1 Å². The molecule has 0 saturated heterocycles. The fourth-order valence-corrected chi connectivity index (χ4v) is 8.61. The molecule has 17 nitrogen and oxygen atoms in total. The predicted molar refractivity (Wildman–Crippen MR) is 239 cm³/mol. The molecule has 0 saturated carbocycles. The maximum atomic E-state index is 12.8. The average molecular weight is 1260 g/mol. The monoisotopic (exact) mass is 1260 g/mol. The largest absolute Gasteiger partial charge is 0.493 e. The number of nitrogens with one attached hydrogen (secondary N) is 2. The van der Waals surface area contributed by atoms with Gasteiger partial charge in [0.15, 0.2) is 28.8 Å². The number of sulfone groups is 2. The van der Waals surface area contributed by atoms with Crippen molar-refractivity contribution in [2.24, 2.45) is 0 Å². The SMILES string of the molecule is CCOc1cc([C@@H](CS(C)(=O)=O)n2c(=O)[nH]c3cc(C(=O)O)ccc32)ccc1OC.CCOc1cc([C@@H](CS(C)(=O)=O)n2c(=O)[nH]c3cc(C(C)=O)ccc32)ccc1OC.[CH3-].[CH3-].[W].[W]. The van der Waals surface area contributed by atoms with Crippen molar-refractivity contribution in [1.82, 2.24) is 19.1 Å². The number of carbonyl (C=O) groups excluding carboxylic acids is 1. The number of ether oxygens (including phenoxy) is 4. The van der Waals surface area contributed by atoms with Crippen LogP contribution in [0.15, 0.2) is 82.4 Å². The van der Waals surface area contributed by atoms with Gasteiger partial charge in [-0.1, -0.05) is 12.1 Å². The summed E-state index contributed by atoms with van der Waals surface area (Å²) in [6.07, 6.45) is 2.22. The van der Waals surface area contributed by atoms with Crippen molar-refractivity contribution in [2.75, 3.05) is 51.5 Å². The number of H-pyrrole nitrogens is 2. The number of aromatic amines is 2. The Morgan fingerprint density at radius 2 is 1.00 bits per heavy atom. The van der Waals surface area contributed by atoms with E-state index in [1.807, 2.05) is 13.8 Å². The number of aromatic nitrogens is 4. The number of benzene rings is 4. The van der Waals surface area contributed by atoms with E-state index in [-0.39, 0.29) is 79.8 Å². The minimum Gasteiger partial charge on any atom is -0.493 e. The normalized spacial score (nSPS) is 11.9. The number of methoxy groups -OCH3 is 2. The van der Waals surface area contributed by atoms with Gasteiger partial charge in [-0.25, -0.2) is 31.2 Å². The van der Waals surface area contributed by atoms with Gasteiger partial charge < -0.3 is 48.9 Å². The van der Waals surface area contributed by atoms with Gasteiger partial charge in [0.25, 0.3) is 0 Å². The van der Waals surface area contributed by atoms with Crippen molar-refractivity contribution >= 4 is 53.5 Å². The number of hydrogen-bond acceptors (Lipinski definition) is 12. The minimum absolute atomic E-state index is 0. The third kappa shape index (κ3) is 13.5. The summed E-state index contributed by atoms with van der Waals surface area (Å²) in [5.41, 5.74) is 2.25. The molecule has 6 rings (SSSR count). The number of carboxylic acid groups (broad SMARTS) is 1. The van der Waals surface area contributed by atoms with Crippen molar-refractivity contribution in [3.05, 3.63) is 131 Å². The van der Waals surface area contributed by atoms with E-state index in [1.165, 1.54) is 48.5 Å². The second kappa shape index (κ2) is 23.8. The molecule has 4 aromatic carbocycles. The van der Waals surface area contributed by atoms with E-state index in [0.29, 0.717) is 75.0 Å². The molecule has 2 atom stereocenters. The molecule has 0 spiro atoms. The molecule has 6 aromatic rings. The van der Waals surface area contributed by atoms with Gasteiger partial charge in [0, 0.05) is 60.2 Å². The van der Waals surface area contributed by atoms with Gasteiger partial charge in [0.2, 0.25) is 0 Å². The van der Waals surface area contributed by atoms with E-state index in [2.05, 4.69) is 9.97 Å². The molecule has 0 aliphatic carbocycles. The van der Waals surface area contributed by atoms with Gasteiger partial charge in [-0.3, -0.25) is 13.9 Å². The van der Waals surface area contributed by atoms with Crippen LogP contribution in [0.3, 0.4) is 0 Å². The molecule has 0 amide bonds. The molecule has 348 valence electrons. The van der Waals surface area contributed by atoms with E-state index < -0.39 is 49.1 Å². The van der Waals surface area contributed by atoms with Crippen LogP contribution < -0.4 is 30.3 Å². The molecule has 0 aliphatic heterocycles. The Hall–Kier alpha value is -4.96. The van der Waals surface area contributed by atoms with Crippen LogP contribution in [0.1, 0.15) is 64.7 Å². The predicted octanol–water partition coefficient (Wildman–Crippen LogP) is 5.54. The third-order valence-corrected chi connectivity index (χ3v) is 11.2. The third-order valence-electron chi connectivity index (χ3n) is 9.38. The maximum Gasteiger partial charge on any atom is 0.335 e. The van der Waals surface area contributed by atoms with Crippen LogP contribution in [-0.2, 0) is 61.8 Å². The van der Waals surface area contributed by atoms with Crippen molar-refractivity contribution in [3.8, 4) is 23.0 Å². The summed E-state index contributed by atoms with van der Waals surface area (Å²) in [7, 11) is -3.92. The number of ketones is 1.